The zero-order valence-electron chi connectivity index (χ0n) is 11.2. The van der Waals surface area contributed by atoms with Crippen LogP contribution in [0.4, 0.5) is 11.8 Å². The second-order valence-electron chi connectivity index (χ2n) is 4.74. The number of carbonyl (C=O) groups is 1. The molecule has 2 aromatic heterocycles. The van der Waals surface area contributed by atoms with Crippen LogP contribution in [0.3, 0.4) is 0 Å². The Labute approximate surface area is 115 Å². The van der Waals surface area contributed by atoms with Crippen molar-refractivity contribution in [2.24, 2.45) is 0 Å². The summed E-state index contributed by atoms with van der Waals surface area (Å²) in [6, 6.07) is 0.176. The molecule has 0 aliphatic carbocycles. The molecule has 20 heavy (non-hydrogen) atoms. The molecule has 0 aromatic carbocycles. The molecule has 106 valence electrons. The number of amides is 1. The van der Waals surface area contributed by atoms with E-state index in [1.54, 1.807) is 6.20 Å². The van der Waals surface area contributed by atoms with E-state index in [9.17, 15) is 4.79 Å². The number of hydrogen-bond acceptors (Lipinski definition) is 6. The van der Waals surface area contributed by atoms with Crippen molar-refractivity contribution >= 4 is 28.7 Å². The predicted molar refractivity (Wildman–Crippen MR) is 75.5 cm³/mol. The smallest absolute Gasteiger partial charge is 0.226 e. The van der Waals surface area contributed by atoms with Crippen molar-refractivity contribution in [3.63, 3.8) is 0 Å². The van der Waals surface area contributed by atoms with E-state index in [-0.39, 0.29) is 11.9 Å². The molecule has 0 radical (unpaired) electrons. The molecule has 1 aliphatic heterocycles. The van der Waals surface area contributed by atoms with E-state index in [1.165, 1.54) is 0 Å². The third-order valence-electron chi connectivity index (χ3n) is 3.25. The van der Waals surface area contributed by atoms with Crippen LogP contribution >= 0.6 is 0 Å². The molecule has 1 atom stereocenters. The van der Waals surface area contributed by atoms with Crippen molar-refractivity contribution in [1.29, 1.82) is 0 Å². The van der Waals surface area contributed by atoms with Gasteiger partial charge in [0.1, 0.15) is 5.82 Å². The number of aromatic amines is 1. The lowest BCUT2D eigenvalue weighted by Crippen LogP contribution is -2.42. The van der Waals surface area contributed by atoms with Gasteiger partial charge in [-0.2, -0.15) is 15.1 Å². The summed E-state index contributed by atoms with van der Waals surface area (Å²) >= 11 is 0. The van der Waals surface area contributed by atoms with E-state index >= 15 is 0 Å². The molecule has 0 saturated carbocycles. The number of nitrogens with zero attached hydrogens (tertiary/aromatic N) is 3. The molecule has 0 spiro atoms. The highest BCUT2D eigenvalue weighted by Crippen LogP contribution is 2.21. The van der Waals surface area contributed by atoms with Crippen molar-refractivity contribution in [3.05, 3.63) is 6.20 Å². The van der Waals surface area contributed by atoms with Crippen LogP contribution in [-0.2, 0) is 4.79 Å². The fourth-order valence-electron chi connectivity index (χ4n) is 2.23. The Morgan fingerprint density at radius 3 is 3.10 bits per heavy atom. The first kappa shape index (κ1) is 12.6. The van der Waals surface area contributed by atoms with Gasteiger partial charge in [0, 0.05) is 25.6 Å². The second kappa shape index (κ2) is 5.32. The Bertz CT molecular complexity index is 613. The van der Waals surface area contributed by atoms with Crippen molar-refractivity contribution in [1.82, 2.24) is 25.5 Å². The molecule has 4 N–H and O–H groups in total. The summed E-state index contributed by atoms with van der Waals surface area (Å²) in [5.74, 6) is 1.40. The van der Waals surface area contributed by atoms with Crippen LogP contribution in [0.2, 0.25) is 0 Å². The molecule has 1 fully saturated rings. The zero-order valence-corrected chi connectivity index (χ0v) is 11.2. The van der Waals surface area contributed by atoms with Crippen LogP contribution < -0.4 is 16.0 Å². The van der Waals surface area contributed by atoms with E-state index in [0.717, 1.165) is 24.2 Å². The van der Waals surface area contributed by atoms with Crippen LogP contribution in [0.15, 0.2) is 6.20 Å². The lowest BCUT2D eigenvalue weighted by Gasteiger charge is -2.24. The van der Waals surface area contributed by atoms with Crippen LogP contribution in [0.5, 0.6) is 0 Å². The third kappa shape index (κ3) is 2.49. The second-order valence-corrected chi connectivity index (χ2v) is 4.74. The number of piperidine rings is 1. The lowest BCUT2D eigenvalue weighted by molar-refractivity contribution is -0.122. The minimum atomic E-state index is 0.104. The van der Waals surface area contributed by atoms with E-state index in [0.29, 0.717) is 24.6 Å². The van der Waals surface area contributed by atoms with Crippen LogP contribution in [-0.4, -0.2) is 45.2 Å². The number of hydrogen-bond donors (Lipinski definition) is 4. The number of anilines is 2. The Morgan fingerprint density at radius 2 is 2.35 bits per heavy atom. The van der Waals surface area contributed by atoms with Gasteiger partial charge in [-0.1, -0.05) is 0 Å². The maximum atomic E-state index is 11.2. The van der Waals surface area contributed by atoms with Crippen LogP contribution in [0.25, 0.3) is 11.0 Å². The Hall–Kier alpha value is -2.38. The summed E-state index contributed by atoms with van der Waals surface area (Å²) in [7, 11) is 0. The molecule has 2 aromatic rings. The first-order valence-electron chi connectivity index (χ1n) is 6.74. The van der Waals surface area contributed by atoms with Gasteiger partial charge in [0.05, 0.1) is 11.6 Å². The molecule has 1 amide bonds. The average molecular weight is 275 g/mol. The maximum Gasteiger partial charge on any atom is 0.226 e. The predicted octanol–water partition coefficient (Wildman–Crippen LogP) is 0.475. The standard InChI is InChI=1S/C12H17N7O/c1-2-13-12-17-10(8-6-15-19-11(8)18-12)16-7-3-4-9(20)14-5-7/h6-7H,2-5H2,1H3,(H,14,20)(H3,13,15,16,17,18,19). The van der Waals surface area contributed by atoms with Crippen molar-refractivity contribution in [2.45, 2.75) is 25.8 Å². The summed E-state index contributed by atoms with van der Waals surface area (Å²) in [6.45, 7) is 3.35. The number of nitrogens with one attached hydrogen (secondary N) is 4. The summed E-state index contributed by atoms with van der Waals surface area (Å²) < 4.78 is 0. The van der Waals surface area contributed by atoms with Gasteiger partial charge in [-0.25, -0.2) is 0 Å². The van der Waals surface area contributed by atoms with Gasteiger partial charge in [-0.15, -0.1) is 0 Å². The van der Waals surface area contributed by atoms with Gasteiger partial charge in [-0.05, 0) is 13.3 Å². The zero-order chi connectivity index (χ0) is 13.9. The molecular weight excluding hydrogens is 258 g/mol. The van der Waals surface area contributed by atoms with Crippen molar-refractivity contribution < 1.29 is 4.79 Å². The Morgan fingerprint density at radius 1 is 1.45 bits per heavy atom. The lowest BCUT2D eigenvalue weighted by atomic mass is 10.1. The summed E-state index contributed by atoms with van der Waals surface area (Å²) in [6.07, 6.45) is 3.04. The van der Waals surface area contributed by atoms with Gasteiger partial charge in [-0.3, -0.25) is 9.89 Å². The van der Waals surface area contributed by atoms with E-state index in [4.69, 9.17) is 0 Å². The van der Waals surface area contributed by atoms with Crippen molar-refractivity contribution in [2.75, 3.05) is 23.7 Å². The van der Waals surface area contributed by atoms with E-state index in [1.807, 2.05) is 6.92 Å². The molecular formula is C12H17N7O. The Balaban J connectivity index is 1.85. The maximum absolute atomic E-state index is 11.2. The molecule has 8 heteroatoms. The average Bonchev–Trinajstić information content (AvgIpc) is 2.90. The van der Waals surface area contributed by atoms with Gasteiger partial charge < -0.3 is 16.0 Å². The number of aromatic nitrogens is 4. The fourth-order valence-corrected chi connectivity index (χ4v) is 2.23. The molecule has 3 heterocycles. The van der Waals surface area contributed by atoms with E-state index < -0.39 is 0 Å². The van der Waals surface area contributed by atoms with Crippen molar-refractivity contribution in [3.8, 4) is 0 Å². The number of H-pyrrole nitrogens is 1. The molecule has 8 nitrogen and oxygen atoms in total. The molecule has 3 rings (SSSR count). The first-order valence-corrected chi connectivity index (χ1v) is 6.74. The molecule has 0 bridgehead atoms. The van der Waals surface area contributed by atoms with Gasteiger partial charge in [0.2, 0.25) is 11.9 Å². The van der Waals surface area contributed by atoms with Gasteiger partial charge in [0.15, 0.2) is 5.65 Å². The highest BCUT2D eigenvalue weighted by molar-refractivity contribution is 5.87. The van der Waals surface area contributed by atoms with Crippen LogP contribution in [0.1, 0.15) is 19.8 Å². The third-order valence-corrected chi connectivity index (χ3v) is 3.25. The monoisotopic (exact) mass is 275 g/mol. The summed E-state index contributed by atoms with van der Waals surface area (Å²) in [4.78, 5) is 20.0. The number of carbonyl (C=O) groups excluding carboxylic acids is 1. The topological polar surface area (TPSA) is 108 Å². The number of fused-ring (bicyclic) bond motifs is 1. The molecule has 1 unspecified atom stereocenters. The van der Waals surface area contributed by atoms with Gasteiger partial charge in [0.25, 0.3) is 0 Å². The highest BCUT2D eigenvalue weighted by atomic mass is 16.1. The summed E-state index contributed by atoms with van der Waals surface area (Å²) in [5.41, 5.74) is 0.693. The highest BCUT2D eigenvalue weighted by Gasteiger charge is 2.19. The summed E-state index contributed by atoms with van der Waals surface area (Å²) in [5, 5.41) is 17.0. The largest absolute Gasteiger partial charge is 0.365 e. The van der Waals surface area contributed by atoms with E-state index in [2.05, 4.69) is 36.1 Å². The fraction of sp³-hybridized carbons (Fsp3) is 0.500. The first-order chi connectivity index (χ1) is 9.76. The Kier molecular flexibility index (Phi) is 3.36. The minimum Gasteiger partial charge on any atom is -0.365 e. The molecule has 1 saturated heterocycles. The molecule has 1 aliphatic rings. The normalized spacial score (nSPS) is 18.9. The van der Waals surface area contributed by atoms with Crippen LogP contribution in [0, 0.1) is 0 Å². The SMILES string of the molecule is CCNc1nc(NC2CCC(=O)NC2)c2cn[nH]c2n1. The number of rotatable bonds is 4. The van der Waals surface area contributed by atoms with Gasteiger partial charge >= 0.3 is 0 Å². The quantitative estimate of drug-likeness (QED) is 0.646. The minimum absolute atomic E-state index is 0.104.